The number of halogens is 2. The Labute approximate surface area is 161 Å². The number of nitrogens with two attached hydrogens (primary N) is 1. The van der Waals surface area contributed by atoms with Gasteiger partial charge in [-0.05, 0) is 24.3 Å². The fraction of sp³-hybridized carbons (Fsp3) is 0.389. The highest BCUT2D eigenvalue weighted by molar-refractivity contribution is 6.30. The molecule has 1 aliphatic rings. The molecule has 1 aromatic heterocycles. The van der Waals surface area contributed by atoms with Crippen molar-refractivity contribution in [2.45, 2.75) is 6.42 Å². The molecule has 144 valence electrons. The van der Waals surface area contributed by atoms with E-state index in [9.17, 15) is 9.18 Å². The van der Waals surface area contributed by atoms with Gasteiger partial charge in [0.1, 0.15) is 11.2 Å². The lowest BCUT2D eigenvalue weighted by atomic mass is 9.87. The molecule has 1 atom stereocenters. The van der Waals surface area contributed by atoms with E-state index in [1.807, 2.05) is 0 Å². The van der Waals surface area contributed by atoms with Gasteiger partial charge in [-0.1, -0.05) is 11.6 Å². The molecule has 2 heterocycles. The number of hydrogen-bond acceptors (Lipinski definition) is 7. The second-order valence-electron chi connectivity index (χ2n) is 6.59. The SMILES string of the molecule is COCC1(CN(C)c2nnc(-c3cc(Cl)ccc3F)cc2N)CCOC1=O. The molecule has 1 unspecified atom stereocenters. The van der Waals surface area contributed by atoms with Crippen LogP contribution < -0.4 is 10.6 Å². The summed E-state index contributed by atoms with van der Waals surface area (Å²) in [4.78, 5) is 13.9. The van der Waals surface area contributed by atoms with Crippen LogP contribution in [0, 0.1) is 11.2 Å². The summed E-state index contributed by atoms with van der Waals surface area (Å²) in [5, 5.41) is 8.59. The highest BCUT2D eigenvalue weighted by atomic mass is 35.5. The molecule has 0 saturated carbocycles. The smallest absolute Gasteiger partial charge is 0.316 e. The third-order valence-corrected chi connectivity index (χ3v) is 4.81. The van der Waals surface area contributed by atoms with Crippen LogP contribution in [0.25, 0.3) is 11.3 Å². The molecule has 1 saturated heterocycles. The third kappa shape index (κ3) is 3.81. The zero-order valence-electron chi connectivity index (χ0n) is 15.0. The van der Waals surface area contributed by atoms with E-state index < -0.39 is 11.2 Å². The van der Waals surface area contributed by atoms with Crippen LogP contribution in [0.4, 0.5) is 15.9 Å². The summed E-state index contributed by atoms with van der Waals surface area (Å²) in [6.07, 6.45) is 0.545. The molecule has 7 nitrogen and oxygen atoms in total. The molecule has 9 heteroatoms. The van der Waals surface area contributed by atoms with E-state index in [1.165, 1.54) is 31.4 Å². The number of benzene rings is 1. The molecule has 1 aromatic carbocycles. The number of carbonyl (C=O) groups excluding carboxylic acids is 1. The average molecular weight is 395 g/mol. The highest BCUT2D eigenvalue weighted by Crippen LogP contribution is 2.34. The lowest BCUT2D eigenvalue weighted by Crippen LogP contribution is -2.43. The first-order valence-corrected chi connectivity index (χ1v) is 8.70. The van der Waals surface area contributed by atoms with Crippen LogP contribution in [-0.2, 0) is 14.3 Å². The maximum Gasteiger partial charge on any atom is 0.316 e. The van der Waals surface area contributed by atoms with Gasteiger partial charge < -0.3 is 20.1 Å². The monoisotopic (exact) mass is 394 g/mol. The standard InChI is InChI=1S/C18H20ClFN4O3/c1-24(9-18(10-26-2)5-6-27-17(18)25)16-14(21)8-15(22-23-16)12-7-11(19)3-4-13(12)20/h3-4,7-8H,5-6,9-10H2,1-2H3,(H2,21,22). The number of methoxy groups -OCH3 is 1. The van der Waals surface area contributed by atoms with E-state index in [4.69, 9.17) is 26.8 Å². The van der Waals surface area contributed by atoms with Crippen molar-refractivity contribution in [3.05, 3.63) is 35.1 Å². The Hall–Kier alpha value is -2.45. The predicted molar refractivity (Wildman–Crippen MR) is 100 cm³/mol. The maximum atomic E-state index is 14.1. The summed E-state index contributed by atoms with van der Waals surface area (Å²) in [6, 6.07) is 5.71. The third-order valence-electron chi connectivity index (χ3n) is 4.58. The van der Waals surface area contributed by atoms with Gasteiger partial charge in [0.2, 0.25) is 0 Å². The summed E-state index contributed by atoms with van der Waals surface area (Å²) >= 11 is 5.93. The van der Waals surface area contributed by atoms with Crippen LogP contribution in [0.15, 0.2) is 24.3 Å². The van der Waals surface area contributed by atoms with Crippen LogP contribution >= 0.6 is 11.6 Å². The van der Waals surface area contributed by atoms with E-state index in [0.717, 1.165) is 0 Å². The van der Waals surface area contributed by atoms with Crippen molar-refractivity contribution >= 4 is 29.1 Å². The van der Waals surface area contributed by atoms with Gasteiger partial charge in [0.05, 0.1) is 24.6 Å². The number of cyclic esters (lactones) is 1. The first-order valence-electron chi connectivity index (χ1n) is 8.32. The molecule has 0 bridgehead atoms. The molecule has 0 aliphatic carbocycles. The minimum atomic E-state index is -0.782. The van der Waals surface area contributed by atoms with Gasteiger partial charge in [-0.2, -0.15) is 0 Å². The zero-order valence-corrected chi connectivity index (χ0v) is 15.8. The van der Waals surface area contributed by atoms with Crippen LogP contribution in [0.2, 0.25) is 5.02 Å². The summed E-state index contributed by atoms with van der Waals surface area (Å²) < 4.78 is 24.4. The summed E-state index contributed by atoms with van der Waals surface area (Å²) in [6.45, 7) is 0.892. The number of carbonyl (C=O) groups is 1. The van der Waals surface area contributed by atoms with Crippen molar-refractivity contribution in [1.29, 1.82) is 0 Å². The van der Waals surface area contributed by atoms with E-state index in [2.05, 4.69) is 10.2 Å². The molecule has 1 fully saturated rings. The summed E-state index contributed by atoms with van der Waals surface area (Å²) in [7, 11) is 3.29. The Morgan fingerprint density at radius 1 is 1.41 bits per heavy atom. The van der Waals surface area contributed by atoms with Crippen LogP contribution in [0.1, 0.15) is 6.42 Å². The maximum absolute atomic E-state index is 14.1. The molecule has 3 rings (SSSR count). The fourth-order valence-corrected chi connectivity index (χ4v) is 3.41. The Bertz CT molecular complexity index is 866. The number of nitrogen functional groups attached to an aromatic ring is 1. The van der Waals surface area contributed by atoms with Crippen molar-refractivity contribution < 1.29 is 18.7 Å². The topological polar surface area (TPSA) is 90.6 Å². The molecular formula is C18H20ClFN4O3. The average Bonchev–Trinajstić information content (AvgIpc) is 2.97. The lowest BCUT2D eigenvalue weighted by Gasteiger charge is -2.30. The molecule has 1 aliphatic heterocycles. The van der Waals surface area contributed by atoms with Crippen LogP contribution in [0.5, 0.6) is 0 Å². The number of aromatic nitrogens is 2. The normalized spacial score (nSPS) is 19.2. The number of rotatable bonds is 6. The lowest BCUT2D eigenvalue weighted by molar-refractivity contribution is -0.148. The fourth-order valence-electron chi connectivity index (χ4n) is 3.24. The molecule has 0 radical (unpaired) electrons. The molecule has 2 N–H and O–H groups in total. The number of nitrogens with zero attached hydrogens (tertiary/aromatic N) is 3. The van der Waals surface area contributed by atoms with Crippen molar-refractivity contribution in [2.75, 3.05) is 44.5 Å². The van der Waals surface area contributed by atoms with Gasteiger partial charge in [0.25, 0.3) is 0 Å². The second kappa shape index (κ2) is 7.66. The van der Waals surface area contributed by atoms with Gasteiger partial charge in [0, 0.05) is 37.7 Å². The summed E-state index contributed by atoms with van der Waals surface area (Å²) in [5.74, 6) is -0.390. The van der Waals surface area contributed by atoms with E-state index >= 15 is 0 Å². The first-order chi connectivity index (χ1) is 12.9. The van der Waals surface area contributed by atoms with Crippen LogP contribution in [0.3, 0.4) is 0 Å². The molecule has 2 aromatic rings. The van der Waals surface area contributed by atoms with E-state index in [-0.39, 0.29) is 23.8 Å². The minimum Gasteiger partial charge on any atom is -0.465 e. The van der Waals surface area contributed by atoms with Crippen molar-refractivity contribution in [2.24, 2.45) is 5.41 Å². The molecular weight excluding hydrogens is 375 g/mol. The van der Waals surface area contributed by atoms with E-state index in [1.54, 1.807) is 11.9 Å². The molecule has 0 spiro atoms. The van der Waals surface area contributed by atoms with Gasteiger partial charge in [0.15, 0.2) is 5.82 Å². The van der Waals surface area contributed by atoms with Crippen molar-refractivity contribution in [3.8, 4) is 11.3 Å². The van der Waals surface area contributed by atoms with Crippen LogP contribution in [-0.4, -0.2) is 50.1 Å². The van der Waals surface area contributed by atoms with Gasteiger partial charge in [-0.3, -0.25) is 4.79 Å². The number of anilines is 2. The Morgan fingerprint density at radius 3 is 2.81 bits per heavy atom. The van der Waals surface area contributed by atoms with Gasteiger partial charge in [-0.15, -0.1) is 10.2 Å². The molecule has 0 amide bonds. The van der Waals surface area contributed by atoms with Gasteiger partial charge in [-0.25, -0.2) is 4.39 Å². The largest absolute Gasteiger partial charge is 0.465 e. The Morgan fingerprint density at radius 2 is 2.19 bits per heavy atom. The second-order valence-corrected chi connectivity index (χ2v) is 7.02. The first kappa shape index (κ1) is 19.3. The van der Waals surface area contributed by atoms with Gasteiger partial charge >= 0.3 is 5.97 Å². The van der Waals surface area contributed by atoms with Crippen molar-refractivity contribution in [3.63, 3.8) is 0 Å². The van der Waals surface area contributed by atoms with Crippen molar-refractivity contribution in [1.82, 2.24) is 10.2 Å². The number of hydrogen-bond donors (Lipinski definition) is 1. The Kier molecular flexibility index (Phi) is 5.48. The number of ether oxygens (including phenoxy) is 2. The summed E-state index contributed by atoms with van der Waals surface area (Å²) in [5.41, 5.74) is 6.14. The number of esters is 1. The molecule has 27 heavy (non-hydrogen) atoms. The Balaban J connectivity index is 1.87. The minimum absolute atomic E-state index is 0.214. The highest BCUT2D eigenvalue weighted by Gasteiger charge is 2.46. The predicted octanol–water partition coefficient (Wildman–Crippen LogP) is 2.53. The zero-order chi connectivity index (χ0) is 19.6. The van der Waals surface area contributed by atoms with E-state index in [0.29, 0.717) is 36.1 Å². The quantitative estimate of drug-likeness (QED) is 0.753.